The number of furan rings is 1. The van der Waals surface area contributed by atoms with Gasteiger partial charge in [0.1, 0.15) is 5.76 Å². The molecule has 3 nitrogen and oxygen atoms in total. The lowest BCUT2D eigenvalue weighted by Gasteiger charge is -2.13. The van der Waals surface area contributed by atoms with Gasteiger partial charge >= 0.3 is 0 Å². The summed E-state index contributed by atoms with van der Waals surface area (Å²) in [6.45, 7) is 6.48. The highest BCUT2D eigenvalue weighted by Crippen LogP contribution is 2.12. The van der Waals surface area contributed by atoms with Crippen molar-refractivity contribution in [2.45, 2.75) is 32.6 Å². The van der Waals surface area contributed by atoms with Crippen LogP contribution in [0.4, 0.5) is 0 Å². The molecule has 1 aromatic heterocycles. The lowest BCUT2D eigenvalue weighted by atomic mass is 10.1. The third kappa shape index (κ3) is 3.27. The van der Waals surface area contributed by atoms with E-state index in [1.165, 1.54) is 6.26 Å². The smallest absolute Gasteiger partial charge is 0.254 e. The summed E-state index contributed by atoms with van der Waals surface area (Å²) in [6, 6.07) is 1.69. The van der Waals surface area contributed by atoms with E-state index in [1.807, 2.05) is 20.8 Å². The molecule has 1 atom stereocenters. The number of amides is 1. The third-order valence-corrected chi connectivity index (χ3v) is 3.15. The van der Waals surface area contributed by atoms with Gasteiger partial charge in [-0.1, -0.05) is 20.8 Å². The van der Waals surface area contributed by atoms with Crippen molar-refractivity contribution >= 4 is 17.5 Å². The van der Waals surface area contributed by atoms with Crippen molar-refractivity contribution in [3.63, 3.8) is 0 Å². The average Bonchev–Trinajstić information content (AvgIpc) is 2.73. The van der Waals surface area contributed by atoms with Crippen molar-refractivity contribution in [3.05, 3.63) is 23.7 Å². The molecule has 1 heterocycles. The predicted molar refractivity (Wildman–Crippen MR) is 64.9 cm³/mol. The van der Waals surface area contributed by atoms with Crippen molar-refractivity contribution < 1.29 is 9.21 Å². The zero-order valence-corrected chi connectivity index (χ0v) is 10.7. The molecule has 1 rings (SSSR count). The van der Waals surface area contributed by atoms with Gasteiger partial charge in [-0.3, -0.25) is 4.79 Å². The summed E-state index contributed by atoms with van der Waals surface area (Å²) in [5.74, 6) is 0.946. The van der Waals surface area contributed by atoms with Crippen LogP contribution in [0.5, 0.6) is 0 Å². The summed E-state index contributed by atoms with van der Waals surface area (Å²) in [5.41, 5.74) is 0.607. The second-order valence-corrected chi connectivity index (χ2v) is 4.64. The summed E-state index contributed by atoms with van der Waals surface area (Å²) in [7, 11) is 0. The van der Waals surface area contributed by atoms with Gasteiger partial charge in [0.05, 0.1) is 17.2 Å². The molecule has 0 aliphatic heterocycles. The maximum Gasteiger partial charge on any atom is 0.254 e. The van der Waals surface area contributed by atoms with Gasteiger partial charge in [-0.2, -0.15) is 0 Å². The zero-order valence-electron chi connectivity index (χ0n) is 9.92. The Labute approximate surface area is 101 Å². The van der Waals surface area contributed by atoms with Crippen molar-refractivity contribution in [2.24, 2.45) is 5.92 Å². The molecule has 1 unspecified atom stereocenters. The Kier molecular flexibility index (Phi) is 4.87. The molecule has 0 radical (unpaired) electrons. The number of alkyl halides is 1. The van der Waals surface area contributed by atoms with E-state index in [2.05, 4.69) is 5.32 Å². The number of carbonyl (C=O) groups is 1. The van der Waals surface area contributed by atoms with Gasteiger partial charge in [0, 0.05) is 13.0 Å². The fourth-order valence-electron chi connectivity index (χ4n) is 1.34. The Bertz CT molecular complexity index is 347. The summed E-state index contributed by atoms with van der Waals surface area (Å²) >= 11 is 6.06. The Morgan fingerprint density at radius 3 is 2.81 bits per heavy atom. The Hall–Kier alpha value is -0.960. The van der Waals surface area contributed by atoms with Crippen molar-refractivity contribution in [1.82, 2.24) is 5.32 Å². The second-order valence-electron chi connectivity index (χ2n) is 4.08. The first-order valence-corrected chi connectivity index (χ1v) is 5.98. The maximum absolute atomic E-state index is 11.8. The molecule has 90 valence electrons. The number of hydrogen-bond donors (Lipinski definition) is 1. The standard InChI is InChI=1S/C12H18ClNO2/c1-4-11-9(5-6-16-11)12(15)14-7-10(13)8(2)3/h5-6,8,10H,4,7H2,1-3H3,(H,14,15). The maximum atomic E-state index is 11.8. The van der Waals surface area contributed by atoms with E-state index in [0.717, 1.165) is 0 Å². The monoisotopic (exact) mass is 243 g/mol. The lowest BCUT2D eigenvalue weighted by Crippen LogP contribution is -2.32. The van der Waals surface area contributed by atoms with Crippen molar-refractivity contribution in [2.75, 3.05) is 6.54 Å². The highest BCUT2D eigenvalue weighted by Gasteiger charge is 2.15. The first-order valence-electron chi connectivity index (χ1n) is 5.54. The minimum Gasteiger partial charge on any atom is -0.469 e. The van der Waals surface area contributed by atoms with E-state index in [0.29, 0.717) is 30.2 Å². The number of aryl methyl sites for hydroxylation is 1. The molecule has 0 bridgehead atoms. The van der Waals surface area contributed by atoms with E-state index in [9.17, 15) is 4.79 Å². The van der Waals surface area contributed by atoms with Gasteiger partial charge in [0.2, 0.25) is 0 Å². The van der Waals surface area contributed by atoms with Crippen LogP contribution in [0.25, 0.3) is 0 Å². The number of carbonyl (C=O) groups excluding carboxylic acids is 1. The molecule has 16 heavy (non-hydrogen) atoms. The molecule has 0 aliphatic carbocycles. The van der Waals surface area contributed by atoms with Gasteiger partial charge in [0.25, 0.3) is 5.91 Å². The van der Waals surface area contributed by atoms with Crippen LogP contribution in [0.3, 0.4) is 0 Å². The van der Waals surface area contributed by atoms with Crippen LogP contribution in [-0.4, -0.2) is 17.8 Å². The number of hydrogen-bond acceptors (Lipinski definition) is 2. The van der Waals surface area contributed by atoms with Crippen molar-refractivity contribution in [3.8, 4) is 0 Å². The highest BCUT2D eigenvalue weighted by atomic mass is 35.5. The van der Waals surface area contributed by atoms with Crippen LogP contribution in [0.1, 0.15) is 36.9 Å². The van der Waals surface area contributed by atoms with E-state index < -0.39 is 0 Å². The summed E-state index contributed by atoms with van der Waals surface area (Å²) in [4.78, 5) is 11.8. The van der Waals surface area contributed by atoms with E-state index in [-0.39, 0.29) is 11.3 Å². The van der Waals surface area contributed by atoms with Gasteiger partial charge in [-0.05, 0) is 12.0 Å². The number of rotatable bonds is 5. The minimum atomic E-state index is -0.114. The highest BCUT2D eigenvalue weighted by molar-refractivity contribution is 6.21. The SMILES string of the molecule is CCc1occc1C(=O)NCC(Cl)C(C)C. The fourth-order valence-corrected chi connectivity index (χ4v) is 1.42. The van der Waals surface area contributed by atoms with Crippen LogP contribution in [-0.2, 0) is 6.42 Å². The molecule has 1 aromatic rings. The molecular weight excluding hydrogens is 226 g/mol. The fraction of sp³-hybridized carbons (Fsp3) is 0.583. The first-order chi connectivity index (χ1) is 7.56. The average molecular weight is 244 g/mol. The van der Waals surface area contributed by atoms with E-state index in [1.54, 1.807) is 6.07 Å². The van der Waals surface area contributed by atoms with Crippen LogP contribution < -0.4 is 5.32 Å². The topological polar surface area (TPSA) is 42.2 Å². The van der Waals surface area contributed by atoms with Crippen molar-refractivity contribution in [1.29, 1.82) is 0 Å². The minimum absolute atomic E-state index is 0.0408. The molecule has 0 fully saturated rings. The van der Waals surface area contributed by atoms with Gasteiger partial charge in [0.15, 0.2) is 0 Å². The van der Waals surface area contributed by atoms with Gasteiger partial charge in [-0.25, -0.2) is 0 Å². The normalized spacial score (nSPS) is 12.8. The van der Waals surface area contributed by atoms with E-state index in [4.69, 9.17) is 16.0 Å². The summed E-state index contributed by atoms with van der Waals surface area (Å²) in [5, 5.41) is 2.77. The molecule has 0 saturated carbocycles. The molecule has 1 N–H and O–H groups in total. The quantitative estimate of drug-likeness (QED) is 0.808. The Morgan fingerprint density at radius 1 is 1.56 bits per heavy atom. The molecular formula is C12H18ClNO2. The summed E-state index contributed by atoms with van der Waals surface area (Å²) < 4.78 is 5.20. The van der Waals surface area contributed by atoms with E-state index >= 15 is 0 Å². The van der Waals surface area contributed by atoms with Crippen LogP contribution >= 0.6 is 11.6 Å². The van der Waals surface area contributed by atoms with Crippen LogP contribution in [0.15, 0.2) is 16.7 Å². The number of halogens is 1. The third-order valence-electron chi connectivity index (χ3n) is 2.49. The largest absolute Gasteiger partial charge is 0.469 e. The molecule has 0 saturated heterocycles. The zero-order chi connectivity index (χ0) is 12.1. The van der Waals surface area contributed by atoms with Crippen LogP contribution in [0.2, 0.25) is 0 Å². The molecule has 0 aliphatic rings. The van der Waals surface area contributed by atoms with Gasteiger partial charge in [-0.15, -0.1) is 11.6 Å². The second kappa shape index (κ2) is 5.94. The molecule has 0 aromatic carbocycles. The lowest BCUT2D eigenvalue weighted by molar-refractivity contribution is 0.0950. The number of nitrogens with one attached hydrogen (secondary N) is 1. The summed E-state index contributed by atoms with van der Waals surface area (Å²) in [6.07, 6.45) is 2.25. The van der Waals surface area contributed by atoms with Crippen LogP contribution in [0, 0.1) is 5.92 Å². The molecule has 0 spiro atoms. The predicted octanol–water partition coefficient (Wildman–Crippen LogP) is 2.84. The Balaban J connectivity index is 2.53. The van der Waals surface area contributed by atoms with Gasteiger partial charge < -0.3 is 9.73 Å². The molecule has 4 heteroatoms. The first kappa shape index (κ1) is 13.1. The Morgan fingerprint density at radius 2 is 2.25 bits per heavy atom. The molecule has 1 amide bonds.